The Morgan fingerprint density at radius 2 is 2.19 bits per heavy atom. The number of aliphatic imine (C=N–C) groups is 2. The van der Waals surface area contributed by atoms with Gasteiger partial charge < -0.3 is 4.90 Å². The Hall–Kier alpha value is -1.97. The minimum atomic E-state index is -0.174. The van der Waals surface area contributed by atoms with Crippen molar-refractivity contribution in [3.63, 3.8) is 0 Å². The van der Waals surface area contributed by atoms with E-state index in [0.717, 1.165) is 23.5 Å². The number of rotatable bonds is 1. The molecule has 0 radical (unpaired) electrons. The zero-order valence-corrected chi connectivity index (χ0v) is 8.92. The summed E-state index contributed by atoms with van der Waals surface area (Å²) in [6.07, 6.45) is 2.46. The highest BCUT2D eigenvalue weighted by atomic mass is 16.2. The van der Waals surface area contributed by atoms with Gasteiger partial charge in [-0.15, -0.1) is 0 Å². The van der Waals surface area contributed by atoms with Crippen LogP contribution < -0.4 is 0 Å². The first-order valence-corrected chi connectivity index (χ1v) is 5.35. The lowest BCUT2D eigenvalue weighted by atomic mass is 10.1. The minimum absolute atomic E-state index is 0.0688. The van der Waals surface area contributed by atoms with Crippen LogP contribution in [0.1, 0.15) is 18.9 Å². The van der Waals surface area contributed by atoms with Gasteiger partial charge in [0.2, 0.25) is 0 Å². The van der Waals surface area contributed by atoms with Crippen LogP contribution in [0.4, 0.5) is 5.69 Å². The van der Waals surface area contributed by atoms with Crippen molar-refractivity contribution in [2.75, 3.05) is 0 Å². The van der Waals surface area contributed by atoms with Crippen LogP contribution in [-0.4, -0.2) is 29.0 Å². The van der Waals surface area contributed by atoms with Crippen LogP contribution >= 0.6 is 0 Å². The van der Waals surface area contributed by atoms with Crippen molar-refractivity contribution in [3.05, 3.63) is 29.8 Å². The number of carbonyl (C=O) groups excluding carboxylic acids is 1. The molecule has 4 heteroatoms. The van der Waals surface area contributed by atoms with Gasteiger partial charge in [0.1, 0.15) is 11.9 Å². The highest BCUT2D eigenvalue weighted by Crippen LogP contribution is 2.29. The number of nitrogens with zero attached hydrogens (tertiary/aromatic N) is 3. The Labute approximate surface area is 93.3 Å². The van der Waals surface area contributed by atoms with Crippen molar-refractivity contribution in [1.82, 2.24) is 4.90 Å². The van der Waals surface area contributed by atoms with Gasteiger partial charge in [0.15, 0.2) is 0 Å². The van der Waals surface area contributed by atoms with E-state index < -0.39 is 0 Å². The molecule has 2 heterocycles. The quantitative estimate of drug-likeness (QED) is 0.713. The second-order valence-electron chi connectivity index (χ2n) is 3.87. The lowest BCUT2D eigenvalue weighted by molar-refractivity contribution is -0.119. The molecular formula is C12H11N3O. The first-order chi connectivity index (χ1) is 7.81. The lowest BCUT2D eigenvalue weighted by Crippen LogP contribution is -2.38. The van der Waals surface area contributed by atoms with Crippen molar-refractivity contribution in [3.8, 4) is 0 Å². The average Bonchev–Trinajstić information content (AvgIpc) is 2.65. The van der Waals surface area contributed by atoms with Crippen LogP contribution in [0.15, 0.2) is 34.3 Å². The summed E-state index contributed by atoms with van der Waals surface area (Å²) < 4.78 is 0. The Balaban J connectivity index is 2.14. The van der Waals surface area contributed by atoms with E-state index in [4.69, 9.17) is 0 Å². The highest BCUT2D eigenvalue weighted by Gasteiger charge is 2.35. The molecule has 0 fully saturated rings. The smallest absolute Gasteiger partial charge is 0.270 e. The normalized spacial score (nSPS) is 21.8. The topological polar surface area (TPSA) is 45.0 Å². The molecule has 2 aliphatic rings. The van der Waals surface area contributed by atoms with Crippen molar-refractivity contribution in [2.45, 2.75) is 19.4 Å². The number of amides is 1. The summed E-state index contributed by atoms with van der Waals surface area (Å²) in [7, 11) is 0. The fourth-order valence-corrected chi connectivity index (χ4v) is 2.11. The van der Waals surface area contributed by atoms with Crippen molar-refractivity contribution < 1.29 is 4.79 Å². The maximum absolute atomic E-state index is 11.7. The van der Waals surface area contributed by atoms with E-state index in [1.807, 2.05) is 36.1 Å². The SMILES string of the molecule is CCC1C(=O)N=C2c3ccccc3N=CN21. The second-order valence-corrected chi connectivity index (χ2v) is 3.87. The molecule has 1 amide bonds. The van der Waals surface area contributed by atoms with Gasteiger partial charge in [0, 0.05) is 5.56 Å². The average molecular weight is 213 g/mol. The summed E-state index contributed by atoms with van der Waals surface area (Å²) in [5.74, 6) is 0.670. The zero-order valence-electron chi connectivity index (χ0n) is 8.92. The van der Waals surface area contributed by atoms with Gasteiger partial charge in [-0.2, -0.15) is 4.99 Å². The third kappa shape index (κ3) is 1.13. The van der Waals surface area contributed by atoms with Crippen LogP contribution in [0.25, 0.3) is 0 Å². The fraction of sp³-hybridized carbons (Fsp3) is 0.250. The Morgan fingerprint density at radius 3 is 3.00 bits per heavy atom. The van der Waals surface area contributed by atoms with Gasteiger partial charge in [-0.05, 0) is 18.6 Å². The van der Waals surface area contributed by atoms with E-state index in [0.29, 0.717) is 0 Å². The predicted octanol–water partition coefficient (Wildman–Crippen LogP) is 1.73. The number of fused-ring (bicyclic) bond motifs is 3. The standard InChI is InChI=1S/C12H11N3O/c1-2-10-12(16)14-11-8-5-3-4-6-9(8)13-7-15(10)11/h3-7,10H,2H2,1H3. The first kappa shape index (κ1) is 9.27. The molecule has 1 unspecified atom stereocenters. The van der Waals surface area contributed by atoms with E-state index in [-0.39, 0.29) is 11.9 Å². The zero-order chi connectivity index (χ0) is 11.1. The van der Waals surface area contributed by atoms with Gasteiger partial charge in [-0.1, -0.05) is 19.1 Å². The monoisotopic (exact) mass is 213 g/mol. The van der Waals surface area contributed by atoms with E-state index in [2.05, 4.69) is 9.98 Å². The largest absolute Gasteiger partial charge is 0.304 e. The number of carbonyl (C=O) groups is 1. The number of hydrogen-bond acceptors (Lipinski definition) is 3. The number of para-hydroxylation sites is 1. The molecule has 1 aromatic rings. The molecule has 3 rings (SSSR count). The van der Waals surface area contributed by atoms with Crippen LogP contribution in [0.3, 0.4) is 0 Å². The summed E-state index contributed by atoms with van der Waals surface area (Å²) in [6, 6.07) is 7.57. The molecule has 0 bridgehead atoms. The highest BCUT2D eigenvalue weighted by molar-refractivity contribution is 6.19. The van der Waals surface area contributed by atoms with E-state index >= 15 is 0 Å². The van der Waals surface area contributed by atoms with Crippen LogP contribution in [0.2, 0.25) is 0 Å². The Kier molecular flexibility index (Phi) is 1.89. The maximum atomic E-state index is 11.7. The summed E-state index contributed by atoms with van der Waals surface area (Å²) in [4.78, 5) is 22.0. The van der Waals surface area contributed by atoms with E-state index in [1.54, 1.807) is 6.34 Å². The molecule has 0 aromatic heterocycles. The molecule has 1 atom stereocenters. The number of benzene rings is 1. The summed E-state index contributed by atoms with van der Waals surface area (Å²) in [6.45, 7) is 1.98. The fourth-order valence-electron chi connectivity index (χ4n) is 2.11. The molecule has 1 aromatic carbocycles. The van der Waals surface area contributed by atoms with Crippen LogP contribution in [-0.2, 0) is 4.79 Å². The second kappa shape index (κ2) is 3.27. The number of amidine groups is 1. The lowest BCUT2D eigenvalue weighted by Gasteiger charge is -2.24. The van der Waals surface area contributed by atoms with Gasteiger partial charge in [-0.25, -0.2) is 4.99 Å². The molecule has 0 saturated heterocycles. The minimum Gasteiger partial charge on any atom is -0.304 e. The van der Waals surface area contributed by atoms with Crippen molar-refractivity contribution in [2.24, 2.45) is 9.98 Å². The molecule has 16 heavy (non-hydrogen) atoms. The third-order valence-corrected chi connectivity index (χ3v) is 2.93. The predicted molar refractivity (Wildman–Crippen MR) is 62.1 cm³/mol. The molecule has 0 aliphatic carbocycles. The van der Waals surface area contributed by atoms with E-state index in [1.165, 1.54) is 0 Å². The van der Waals surface area contributed by atoms with Gasteiger partial charge in [0.05, 0.1) is 12.0 Å². The summed E-state index contributed by atoms with van der Waals surface area (Å²) in [5.41, 5.74) is 1.82. The van der Waals surface area contributed by atoms with Gasteiger partial charge >= 0.3 is 0 Å². The Bertz CT molecular complexity index is 519. The van der Waals surface area contributed by atoms with E-state index in [9.17, 15) is 4.79 Å². The summed E-state index contributed by atoms with van der Waals surface area (Å²) in [5, 5.41) is 0. The molecule has 0 spiro atoms. The molecule has 0 saturated carbocycles. The van der Waals surface area contributed by atoms with Crippen molar-refractivity contribution in [1.29, 1.82) is 0 Å². The Morgan fingerprint density at radius 1 is 1.38 bits per heavy atom. The molecule has 80 valence electrons. The third-order valence-electron chi connectivity index (χ3n) is 2.93. The van der Waals surface area contributed by atoms with Crippen LogP contribution in [0.5, 0.6) is 0 Å². The molecule has 4 nitrogen and oxygen atoms in total. The number of hydrogen-bond donors (Lipinski definition) is 0. The molecule has 2 aliphatic heterocycles. The first-order valence-electron chi connectivity index (χ1n) is 5.35. The van der Waals surface area contributed by atoms with Gasteiger partial charge in [0.25, 0.3) is 5.91 Å². The van der Waals surface area contributed by atoms with Crippen molar-refractivity contribution >= 4 is 23.8 Å². The molecular weight excluding hydrogens is 202 g/mol. The molecule has 0 N–H and O–H groups in total. The van der Waals surface area contributed by atoms with Crippen LogP contribution in [0, 0.1) is 0 Å². The summed E-state index contributed by atoms with van der Waals surface area (Å²) >= 11 is 0. The maximum Gasteiger partial charge on any atom is 0.270 e. The van der Waals surface area contributed by atoms with Gasteiger partial charge in [-0.3, -0.25) is 4.79 Å².